The lowest BCUT2D eigenvalue weighted by atomic mass is 10.1. The van der Waals surface area contributed by atoms with Crippen molar-refractivity contribution in [2.75, 3.05) is 18.4 Å². The lowest BCUT2D eigenvalue weighted by Crippen LogP contribution is -2.32. The standard InChI is InChI=1S/C16H17N5OS.ClH/c22-15(19-16-18-12-5-1-2-6-14(12)23-16)13-7-9-21(20-13)11-4-3-8-17-10-11;/h1-2,5-7,9,11,17H,3-4,8,10H2,(H,18,19,22);1H. The number of carbonyl (C=O) groups is 1. The molecule has 1 atom stereocenters. The molecule has 1 unspecified atom stereocenters. The van der Waals surface area contributed by atoms with E-state index in [1.54, 1.807) is 6.07 Å². The van der Waals surface area contributed by atoms with Crippen LogP contribution in [0, 0.1) is 0 Å². The Kier molecular flexibility index (Phi) is 5.13. The third-order valence-electron chi connectivity index (χ3n) is 4.00. The summed E-state index contributed by atoms with van der Waals surface area (Å²) in [5.74, 6) is -0.216. The molecule has 2 aromatic heterocycles. The van der Waals surface area contributed by atoms with E-state index in [0.29, 0.717) is 16.9 Å². The van der Waals surface area contributed by atoms with Crippen LogP contribution in [0.5, 0.6) is 0 Å². The Morgan fingerprint density at radius 2 is 2.21 bits per heavy atom. The molecule has 1 aliphatic heterocycles. The molecule has 0 radical (unpaired) electrons. The monoisotopic (exact) mass is 363 g/mol. The molecule has 6 nitrogen and oxygen atoms in total. The molecular formula is C16H18ClN5OS. The molecule has 8 heteroatoms. The van der Waals surface area contributed by atoms with E-state index in [0.717, 1.165) is 36.1 Å². The number of rotatable bonds is 3. The third kappa shape index (κ3) is 3.43. The number of hydrogen-bond acceptors (Lipinski definition) is 5. The minimum absolute atomic E-state index is 0. The van der Waals surface area contributed by atoms with E-state index in [-0.39, 0.29) is 18.3 Å². The third-order valence-corrected chi connectivity index (χ3v) is 4.95. The van der Waals surface area contributed by atoms with Crippen molar-refractivity contribution in [1.29, 1.82) is 0 Å². The first kappa shape index (κ1) is 16.9. The lowest BCUT2D eigenvalue weighted by Gasteiger charge is -2.22. The summed E-state index contributed by atoms with van der Waals surface area (Å²) in [6, 6.07) is 9.92. The molecule has 24 heavy (non-hydrogen) atoms. The summed E-state index contributed by atoms with van der Waals surface area (Å²) in [5.41, 5.74) is 1.32. The molecule has 0 spiro atoms. The summed E-state index contributed by atoms with van der Waals surface area (Å²) in [6.45, 7) is 1.96. The normalized spacial score (nSPS) is 17.4. The van der Waals surface area contributed by atoms with Crippen molar-refractivity contribution in [2.45, 2.75) is 18.9 Å². The lowest BCUT2D eigenvalue weighted by molar-refractivity contribution is 0.102. The molecule has 4 rings (SSSR count). The van der Waals surface area contributed by atoms with Crippen LogP contribution in [-0.2, 0) is 0 Å². The number of hydrogen-bond donors (Lipinski definition) is 2. The van der Waals surface area contributed by atoms with Crippen molar-refractivity contribution >= 4 is 45.0 Å². The van der Waals surface area contributed by atoms with Gasteiger partial charge in [0, 0.05) is 12.7 Å². The molecule has 3 aromatic rings. The van der Waals surface area contributed by atoms with Crippen LogP contribution in [0.1, 0.15) is 29.4 Å². The molecule has 0 bridgehead atoms. The molecule has 3 heterocycles. The van der Waals surface area contributed by atoms with Gasteiger partial charge in [-0.1, -0.05) is 23.5 Å². The van der Waals surface area contributed by atoms with Crippen LogP contribution in [-0.4, -0.2) is 33.8 Å². The second kappa shape index (κ2) is 7.29. The zero-order valence-electron chi connectivity index (χ0n) is 12.9. The molecular weight excluding hydrogens is 346 g/mol. The summed E-state index contributed by atoms with van der Waals surface area (Å²) in [4.78, 5) is 16.8. The second-order valence-electron chi connectivity index (χ2n) is 5.62. The first-order valence-electron chi connectivity index (χ1n) is 7.72. The Morgan fingerprint density at radius 3 is 3.00 bits per heavy atom. The molecule has 1 amide bonds. The topological polar surface area (TPSA) is 71.8 Å². The number of aromatic nitrogens is 3. The Balaban J connectivity index is 0.00000169. The number of carbonyl (C=O) groups excluding carboxylic acids is 1. The van der Waals surface area contributed by atoms with Crippen molar-refractivity contribution in [1.82, 2.24) is 20.1 Å². The molecule has 0 saturated carbocycles. The van der Waals surface area contributed by atoms with Gasteiger partial charge in [0.15, 0.2) is 10.8 Å². The van der Waals surface area contributed by atoms with E-state index < -0.39 is 0 Å². The SMILES string of the molecule is Cl.O=C(Nc1nc2ccccc2s1)c1ccn(C2CCCNC2)n1. The summed E-state index contributed by atoms with van der Waals surface area (Å²) in [5, 5.41) is 11.2. The zero-order valence-corrected chi connectivity index (χ0v) is 14.6. The highest BCUT2D eigenvalue weighted by atomic mass is 35.5. The number of fused-ring (bicyclic) bond motifs is 1. The fraction of sp³-hybridized carbons (Fsp3) is 0.312. The van der Waals surface area contributed by atoms with Crippen LogP contribution >= 0.6 is 23.7 Å². The Morgan fingerprint density at radius 1 is 1.33 bits per heavy atom. The number of nitrogens with one attached hydrogen (secondary N) is 2. The van der Waals surface area contributed by atoms with Crippen molar-refractivity contribution in [3.05, 3.63) is 42.2 Å². The number of nitrogens with zero attached hydrogens (tertiary/aromatic N) is 3. The summed E-state index contributed by atoms with van der Waals surface area (Å²) in [7, 11) is 0. The van der Waals surface area contributed by atoms with E-state index in [2.05, 4.69) is 20.7 Å². The maximum Gasteiger partial charge on any atom is 0.277 e. The van der Waals surface area contributed by atoms with Gasteiger partial charge in [0.1, 0.15) is 0 Å². The molecule has 1 saturated heterocycles. The van der Waals surface area contributed by atoms with Gasteiger partial charge < -0.3 is 5.32 Å². The molecule has 1 fully saturated rings. The summed E-state index contributed by atoms with van der Waals surface area (Å²) >= 11 is 1.47. The minimum atomic E-state index is -0.216. The maximum absolute atomic E-state index is 12.4. The van der Waals surface area contributed by atoms with Crippen molar-refractivity contribution in [2.24, 2.45) is 0 Å². The minimum Gasteiger partial charge on any atom is -0.315 e. The summed E-state index contributed by atoms with van der Waals surface area (Å²) in [6.07, 6.45) is 4.11. The highest BCUT2D eigenvalue weighted by Gasteiger charge is 2.18. The van der Waals surface area contributed by atoms with E-state index in [1.165, 1.54) is 11.3 Å². The molecule has 1 aromatic carbocycles. The van der Waals surface area contributed by atoms with Gasteiger partial charge in [-0.2, -0.15) is 5.10 Å². The van der Waals surface area contributed by atoms with Gasteiger partial charge in [0.2, 0.25) is 0 Å². The maximum atomic E-state index is 12.4. The molecule has 1 aliphatic rings. The fourth-order valence-electron chi connectivity index (χ4n) is 2.81. The van der Waals surface area contributed by atoms with E-state index >= 15 is 0 Å². The van der Waals surface area contributed by atoms with Crippen LogP contribution in [0.4, 0.5) is 5.13 Å². The first-order chi connectivity index (χ1) is 11.3. The van der Waals surface area contributed by atoms with Crippen molar-refractivity contribution in [3.8, 4) is 0 Å². The number of piperidine rings is 1. The average Bonchev–Trinajstić information content (AvgIpc) is 3.22. The highest BCUT2D eigenvalue weighted by molar-refractivity contribution is 7.22. The molecule has 0 aliphatic carbocycles. The van der Waals surface area contributed by atoms with Gasteiger partial charge in [-0.25, -0.2) is 4.98 Å². The number of anilines is 1. The Bertz CT molecular complexity index is 807. The predicted octanol–water partition coefficient (Wildman–Crippen LogP) is 3.09. The molecule has 126 valence electrons. The molecule has 2 N–H and O–H groups in total. The van der Waals surface area contributed by atoms with Crippen LogP contribution in [0.3, 0.4) is 0 Å². The van der Waals surface area contributed by atoms with E-state index in [4.69, 9.17) is 0 Å². The van der Waals surface area contributed by atoms with Gasteiger partial charge >= 0.3 is 0 Å². The van der Waals surface area contributed by atoms with Crippen molar-refractivity contribution in [3.63, 3.8) is 0 Å². The van der Waals surface area contributed by atoms with Crippen LogP contribution in [0.25, 0.3) is 10.2 Å². The van der Waals surface area contributed by atoms with Crippen LogP contribution in [0.15, 0.2) is 36.5 Å². The second-order valence-corrected chi connectivity index (χ2v) is 6.65. The van der Waals surface area contributed by atoms with E-state index in [9.17, 15) is 4.79 Å². The number of amides is 1. The number of para-hydroxylation sites is 1. The van der Waals surface area contributed by atoms with Gasteiger partial charge in [-0.3, -0.25) is 14.8 Å². The Hall–Kier alpha value is -1.96. The average molecular weight is 364 g/mol. The highest BCUT2D eigenvalue weighted by Crippen LogP contribution is 2.25. The number of benzene rings is 1. The largest absolute Gasteiger partial charge is 0.315 e. The number of thiazole rings is 1. The first-order valence-corrected chi connectivity index (χ1v) is 8.54. The van der Waals surface area contributed by atoms with E-state index in [1.807, 2.05) is 35.1 Å². The summed E-state index contributed by atoms with van der Waals surface area (Å²) < 4.78 is 2.95. The van der Waals surface area contributed by atoms with Crippen LogP contribution in [0.2, 0.25) is 0 Å². The van der Waals surface area contributed by atoms with Gasteiger partial charge in [-0.05, 0) is 37.6 Å². The van der Waals surface area contributed by atoms with Gasteiger partial charge in [-0.15, -0.1) is 12.4 Å². The number of halogens is 1. The van der Waals surface area contributed by atoms with Gasteiger partial charge in [0.05, 0.1) is 16.3 Å². The smallest absolute Gasteiger partial charge is 0.277 e. The van der Waals surface area contributed by atoms with Crippen LogP contribution < -0.4 is 10.6 Å². The van der Waals surface area contributed by atoms with Gasteiger partial charge in [0.25, 0.3) is 5.91 Å². The Labute approximate surface area is 149 Å². The van der Waals surface area contributed by atoms with Crippen molar-refractivity contribution < 1.29 is 4.79 Å². The quantitative estimate of drug-likeness (QED) is 0.750. The predicted molar refractivity (Wildman–Crippen MR) is 98.2 cm³/mol. The fourth-order valence-corrected chi connectivity index (χ4v) is 3.67. The zero-order chi connectivity index (χ0) is 15.6.